The number of nitrogens with zero attached hydrogens (tertiary/aromatic N) is 1. The normalized spacial score (nSPS) is 12.4. The van der Waals surface area contributed by atoms with Crippen molar-refractivity contribution in [3.8, 4) is 5.75 Å². The number of pyridine rings is 1. The minimum atomic E-state index is -0.0471. The molecule has 1 unspecified atom stereocenters. The fourth-order valence-corrected chi connectivity index (χ4v) is 2.35. The Balaban J connectivity index is 2.28. The van der Waals surface area contributed by atoms with E-state index in [1.807, 2.05) is 24.4 Å². The lowest BCUT2D eigenvalue weighted by Crippen LogP contribution is -2.28. The highest BCUT2D eigenvalue weighted by Crippen LogP contribution is 2.25. The van der Waals surface area contributed by atoms with Crippen LogP contribution in [0.15, 0.2) is 35.3 Å². The molecular weight excluding hydrogens is 234 g/mol. The molecule has 3 N–H and O–H groups in total. The van der Waals surface area contributed by atoms with Gasteiger partial charge in [-0.15, -0.1) is 0 Å². The number of nitrogens with two attached hydrogens (primary N) is 1. The van der Waals surface area contributed by atoms with Crippen molar-refractivity contribution >= 4 is 11.3 Å². The second-order valence-corrected chi connectivity index (χ2v) is 4.32. The van der Waals surface area contributed by atoms with Gasteiger partial charge in [0.1, 0.15) is 5.75 Å². The molecule has 0 bridgehead atoms. The molecule has 2 aromatic heterocycles. The predicted octanol–water partition coefficient (Wildman–Crippen LogP) is 2.09. The Morgan fingerprint density at radius 2 is 2.35 bits per heavy atom. The summed E-state index contributed by atoms with van der Waals surface area (Å²) in [5, 5.41) is 4.09. The minimum Gasteiger partial charge on any atom is -0.492 e. The summed E-state index contributed by atoms with van der Waals surface area (Å²) in [6.45, 7) is 2.58. The molecule has 0 saturated carbocycles. The molecule has 0 aromatic carbocycles. The van der Waals surface area contributed by atoms with E-state index >= 15 is 0 Å². The third kappa shape index (κ3) is 2.82. The number of ether oxygens (including phenoxy) is 1. The molecule has 4 nitrogen and oxygen atoms in total. The Hall–Kier alpha value is -1.43. The molecule has 0 spiro atoms. The Morgan fingerprint density at radius 1 is 1.47 bits per heavy atom. The molecule has 0 aliphatic carbocycles. The molecule has 17 heavy (non-hydrogen) atoms. The lowest BCUT2D eigenvalue weighted by atomic mass is 10.0. The maximum atomic E-state index is 5.61. The van der Waals surface area contributed by atoms with Gasteiger partial charge in [0, 0.05) is 6.20 Å². The highest BCUT2D eigenvalue weighted by atomic mass is 32.1. The zero-order valence-electron chi connectivity index (χ0n) is 9.59. The monoisotopic (exact) mass is 249 g/mol. The van der Waals surface area contributed by atoms with Crippen LogP contribution in [0.5, 0.6) is 5.75 Å². The Morgan fingerprint density at radius 3 is 3.00 bits per heavy atom. The van der Waals surface area contributed by atoms with Crippen molar-refractivity contribution in [2.75, 3.05) is 6.61 Å². The smallest absolute Gasteiger partial charge is 0.137 e. The highest BCUT2D eigenvalue weighted by Gasteiger charge is 2.13. The second-order valence-electron chi connectivity index (χ2n) is 3.54. The number of aromatic nitrogens is 1. The first-order valence-corrected chi connectivity index (χ1v) is 6.35. The van der Waals surface area contributed by atoms with Crippen LogP contribution < -0.4 is 16.0 Å². The van der Waals surface area contributed by atoms with Gasteiger partial charge in [-0.2, -0.15) is 11.3 Å². The van der Waals surface area contributed by atoms with Crippen LogP contribution >= 0.6 is 11.3 Å². The summed E-state index contributed by atoms with van der Waals surface area (Å²) in [7, 11) is 0. The first kappa shape index (κ1) is 12.0. The topological polar surface area (TPSA) is 60.2 Å². The predicted molar refractivity (Wildman–Crippen MR) is 68.9 cm³/mol. The van der Waals surface area contributed by atoms with Crippen molar-refractivity contribution < 1.29 is 4.74 Å². The van der Waals surface area contributed by atoms with Crippen LogP contribution in [0.4, 0.5) is 0 Å². The molecule has 0 amide bonds. The summed E-state index contributed by atoms with van der Waals surface area (Å²) in [5.74, 6) is 6.37. The van der Waals surface area contributed by atoms with Gasteiger partial charge < -0.3 is 4.74 Å². The molecule has 0 aliphatic heterocycles. The molecule has 90 valence electrons. The van der Waals surface area contributed by atoms with Gasteiger partial charge in [0.25, 0.3) is 0 Å². The Bertz CT molecular complexity index is 459. The van der Waals surface area contributed by atoms with Gasteiger partial charge in [-0.05, 0) is 40.9 Å². The van der Waals surface area contributed by atoms with Crippen LogP contribution in [0.1, 0.15) is 24.1 Å². The fourth-order valence-electron chi connectivity index (χ4n) is 1.66. The zero-order chi connectivity index (χ0) is 12.1. The number of nitrogens with one attached hydrogen (secondary N) is 1. The van der Waals surface area contributed by atoms with Gasteiger partial charge in [-0.25, -0.2) is 5.43 Å². The molecule has 1 atom stereocenters. The van der Waals surface area contributed by atoms with Crippen LogP contribution in [0, 0.1) is 0 Å². The third-order valence-corrected chi connectivity index (χ3v) is 3.12. The van der Waals surface area contributed by atoms with Crippen LogP contribution in [0.3, 0.4) is 0 Å². The largest absolute Gasteiger partial charge is 0.492 e. The number of hydrazine groups is 1. The second kappa shape index (κ2) is 5.77. The molecule has 0 aliphatic rings. The van der Waals surface area contributed by atoms with E-state index in [-0.39, 0.29) is 6.04 Å². The molecule has 0 fully saturated rings. The summed E-state index contributed by atoms with van der Waals surface area (Å²) < 4.78 is 5.43. The van der Waals surface area contributed by atoms with E-state index in [0.29, 0.717) is 6.61 Å². The number of hydrogen-bond acceptors (Lipinski definition) is 5. The van der Waals surface area contributed by atoms with Crippen molar-refractivity contribution in [1.29, 1.82) is 0 Å². The van der Waals surface area contributed by atoms with E-state index in [9.17, 15) is 0 Å². The van der Waals surface area contributed by atoms with E-state index in [1.165, 1.54) is 0 Å². The molecule has 2 heterocycles. The van der Waals surface area contributed by atoms with Crippen LogP contribution in [0.2, 0.25) is 0 Å². The molecule has 5 heteroatoms. The van der Waals surface area contributed by atoms with Gasteiger partial charge in [0.05, 0.1) is 18.8 Å². The molecule has 2 rings (SSSR count). The van der Waals surface area contributed by atoms with Crippen molar-refractivity contribution in [2.45, 2.75) is 13.0 Å². The SMILES string of the molecule is CCOc1cncc(C(NN)c2ccsc2)c1. The minimum absolute atomic E-state index is 0.0471. The molecular formula is C12H15N3OS. The number of thiophene rings is 1. The fraction of sp³-hybridized carbons (Fsp3) is 0.250. The van der Waals surface area contributed by atoms with Crippen molar-refractivity contribution in [3.05, 3.63) is 46.4 Å². The molecule has 0 radical (unpaired) electrons. The summed E-state index contributed by atoms with van der Waals surface area (Å²) in [6, 6.07) is 3.95. The third-order valence-electron chi connectivity index (χ3n) is 2.42. The Kier molecular flexibility index (Phi) is 4.08. The molecule has 2 aromatic rings. The summed E-state index contributed by atoms with van der Waals surface area (Å²) in [4.78, 5) is 4.16. The lowest BCUT2D eigenvalue weighted by molar-refractivity contribution is 0.338. The van der Waals surface area contributed by atoms with Gasteiger partial charge in [0.2, 0.25) is 0 Å². The van der Waals surface area contributed by atoms with Crippen LogP contribution in [-0.2, 0) is 0 Å². The molecule has 0 saturated heterocycles. The van der Waals surface area contributed by atoms with E-state index < -0.39 is 0 Å². The summed E-state index contributed by atoms with van der Waals surface area (Å²) in [5.41, 5.74) is 4.93. The van der Waals surface area contributed by atoms with Gasteiger partial charge in [0.15, 0.2) is 0 Å². The first-order valence-electron chi connectivity index (χ1n) is 5.41. The van der Waals surface area contributed by atoms with E-state index in [0.717, 1.165) is 16.9 Å². The van der Waals surface area contributed by atoms with Crippen LogP contribution in [0.25, 0.3) is 0 Å². The summed E-state index contributed by atoms with van der Waals surface area (Å²) >= 11 is 1.65. The number of hydrogen-bond donors (Lipinski definition) is 2. The maximum absolute atomic E-state index is 5.61. The van der Waals surface area contributed by atoms with E-state index in [1.54, 1.807) is 23.7 Å². The summed E-state index contributed by atoms with van der Waals surface area (Å²) in [6.07, 6.45) is 3.50. The quantitative estimate of drug-likeness (QED) is 0.629. The first-order chi connectivity index (χ1) is 8.35. The van der Waals surface area contributed by atoms with Crippen molar-refractivity contribution in [1.82, 2.24) is 10.4 Å². The van der Waals surface area contributed by atoms with Gasteiger partial charge in [-0.3, -0.25) is 10.8 Å². The Labute approximate surface area is 104 Å². The number of rotatable bonds is 5. The standard InChI is InChI=1S/C12H15N3OS/c1-2-16-11-5-10(6-14-7-11)12(15-13)9-3-4-17-8-9/h3-8,12,15H,2,13H2,1H3. The van der Waals surface area contributed by atoms with E-state index in [2.05, 4.69) is 15.8 Å². The average molecular weight is 249 g/mol. The van der Waals surface area contributed by atoms with Crippen molar-refractivity contribution in [2.24, 2.45) is 5.84 Å². The van der Waals surface area contributed by atoms with E-state index in [4.69, 9.17) is 10.6 Å². The van der Waals surface area contributed by atoms with Crippen LogP contribution in [-0.4, -0.2) is 11.6 Å². The average Bonchev–Trinajstić information content (AvgIpc) is 2.85. The van der Waals surface area contributed by atoms with Crippen molar-refractivity contribution in [3.63, 3.8) is 0 Å². The maximum Gasteiger partial charge on any atom is 0.137 e. The van der Waals surface area contributed by atoms with Gasteiger partial charge in [-0.1, -0.05) is 0 Å². The highest BCUT2D eigenvalue weighted by molar-refractivity contribution is 7.08. The zero-order valence-corrected chi connectivity index (χ0v) is 10.4. The van der Waals surface area contributed by atoms with Gasteiger partial charge >= 0.3 is 0 Å². The lowest BCUT2D eigenvalue weighted by Gasteiger charge is -2.15.